The lowest BCUT2D eigenvalue weighted by Crippen LogP contribution is -2.20. The lowest BCUT2D eigenvalue weighted by atomic mass is 10.2. The highest BCUT2D eigenvalue weighted by Gasteiger charge is 2.17. The van der Waals surface area contributed by atoms with Crippen molar-refractivity contribution >= 4 is 23.9 Å². The van der Waals surface area contributed by atoms with Crippen molar-refractivity contribution in [3.8, 4) is 22.8 Å². The van der Waals surface area contributed by atoms with Gasteiger partial charge in [-0.05, 0) is 48.9 Å². The third kappa shape index (κ3) is 5.67. The van der Waals surface area contributed by atoms with Crippen LogP contribution in [0.5, 0.6) is 5.75 Å². The Labute approximate surface area is 196 Å². The molecular formula is C25H23N5O2S. The predicted octanol–water partition coefficient (Wildman–Crippen LogP) is 4.49. The number of rotatable bonds is 8. The highest BCUT2D eigenvalue weighted by atomic mass is 32.2. The van der Waals surface area contributed by atoms with Crippen LogP contribution in [0.4, 0.5) is 0 Å². The molecule has 0 saturated carbocycles. The zero-order valence-corrected chi connectivity index (χ0v) is 19.1. The van der Waals surface area contributed by atoms with Gasteiger partial charge in [-0.3, -0.25) is 9.36 Å². The Kier molecular flexibility index (Phi) is 7.16. The Bertz CT molecular complexity index is 1240. The molecule has 0 spiro atoms. The number of ether oxygens (including phenoxy) is 1. The summed E-state index contributed by atoms with van der Waals surface area (Å²) in [6, 6.07) is 25.4. The molecule has 0 unspecified atom stereocenters. The van der Waals surface area contributed by atoms with Gasteiger partial charge in [0.1, 0.15) is 5.75 Å². The van der Waals surface area contributed by atoms with E-state index in [4.69, 9.17) is 4.74 Å². The van der Waals surface area contributed by atoms with E-state index in [9.17, 15) is 4.79 Å². The summed E-state index contributed by atoms with van der Waals surface area (Å²) in [5.74, 6) is 1.41. The van der Waals surface area contributed by atoms with Crippen LogP contribution < -0.4 is 10.2 Å². The average molecular weight is 458 g/mol. The number of hydrazone groups is 1. The molecule has 33 heavy (non-hydrogen) atoms. The van der Waals surface area contributed by atoms with Gasteiger partial charge in [0, 0.05) is 11.3 Å². The van der Waals surface area contributed by atoms with Crippen LogP contribution >= 0.6 is 11.8 Å². The summed E-state index contributed by atoms with van der Waals surface area (Å²) < 4.78 is 7.10. The molecule has 166 valence electrons. The fourth-order valence-electron chi connectivity index (χ4n) is 3.10. The number of nitrogens with one attached hydrogen (secondary N) is 1. The zero-order valence-electron chi connectivity index (χ0n) is 18.3. The minimum atomic E-state index is -0.232. The maximum atomic E-state index is 12.4. The molecule has 0 fully saturated rings. The summed E-state index contributed by atoms with van der Waals surface area (Å²) >= 11 is 1.31. The first kappa shape index (κ1) is 22.3. The number of benzene rings is 3. The molecule has 3 aromatic carbocycles. The number of carbonyl (C=O) groups is 1. The number of methoxy groups -OCH3 is 1. The van der Waals surface area contributed by atoms with Crippen molar-refractivity contribution in [1.82, 2.24) is 20.2 Å². The third-order valence-electron chi connectivity index (χ3n) is 4.81. The number of aromatic nitrogens is 3. The predicted molar refractivity (Wildman–Crippen MR) is 131 cm³/mol. The number of carbonyl (C=O) groups excluding carboxylic acids is 1. The number of thioether (sulfide) groups is 1. The highest BCUT2D eigenvalue weighted by molar-refractivity contribution is 7.99. The second-order valence-corrected chi connectivity index (χ2v) is 8.14. The zero-order chi connectivity index (χ0) is 23.0. The van der Waals surface area contributed by atoms with Gasteiger partial charge in [-0.1, -0.05) is 59.8 Å². The molecule has 0 aliphatic carbocycles. The molecule has 0 bridgehead atoms. The fraction of sp³-hybridized carbons (Fsp3) is 0.120. The maximum Gasteiger partial charge on any atom is 0.250 e. The molecule has 1 N–H and O–H groups in total. The molecular weight excluding hydrogens is 434 g/mol. The normalized spacial score (nSPS) is 11.0. The number of nitrogens with zero attached hydrogens (tertiary/aromatic N) is 4. The molecule has 0 atom stereocenters. The Morgan fingerprint density at radius 1 is 1.03 bits per heavy atom. The standard InChI is InChI=1S/C25H23N5O2S/c1-18-8-12-21(13-9-18)30-24(20-6-4-3-5-7-20)28-29-25(30)33-17-23(31)27-26-16-19-10-14-22(32-2)15-11-19/h3-16H,17H2,1-2H3,(H,27,31)/b26-16-. The van der Waals surface area contributed by atoms with Gasteiger partial charge in [-0.2, -0.15) is 5.10 Å². The van der Waals surface area contributed by atoms with Crippen molar-refractivity contribution in [3.63, 3.8) is 0 Å². The van der Waals surface area contributed by atoms with Gasteiger partial charge in [0.15, 0.2) is 11.0 Å². The summed E-state index contributed by atoms with van der Waals surface area (Å²) in [4.78, 5) is 12.4. The Balaban J connectivity index is 1.47. The maximum absolute atomic E-state index is 12.4. The van der Waals surface area contributed by atoms with Crippen LogP contribution in [0.1, 0.15) is 11.1 Å². The van der Waals surface area contributed by atoms with Crippen LogP contribution in [0, 0.1) is 6.92 Å². The van der Waals surface area contributed by atoms with Crippen LogP contribution in [-0.4, -0.2) is 39.7 Å². The van der Waals surface area contributed by atoms with Crippen LogP contribution in [0.2, 0.25) is 0 Å². The Hall–Kier alpha value is -3.91. The fourth-order valence-corrected chi connectivity index (χ4v) is 3.84. The van der Waals surface area contributed by atoms with Crippen molar-refractivity contribution in [2.75, 3.05) is 12.9 Å². The van der Waals surface area contributed by atoms with Gasteiger partial charge in [-0.25, -0.2) is 5.43 Å². The molecule has 1 amide bonds. The molecule has 8 heteroatoms. The van der Waals surface area contributed by atoms with E-state index >= 15 is 0 Å². The number of amides is 1. The lowest BCUT2D eigenvalue weighted by molar-refractivity contribution is -0.118. The third-order valence-corrected chi connectivity index (χ3v) is 5.74. The number of aryl methyl sites for hydroxylation is 1. The van der Waals surface area contributed by atoms with E-state index in [-0.39, 0.29) is 11.7 Å². The van der Waals surface area contributed by atoms with Crippen molar-refractivity contribution in [2.24, 2.45) is 5.10 Å². The van der Waals surface area contributed by atoms with E-state index in [0.29, 0.717) is 5.16 Å². The van der Waals surface area contributed by atoms with Crippen molar-refractivity contribution in [3.05, 3.63) is 90.0 Å². The number of hydrogen-bond donors (Lipinski definition) is 1. The van der Waals surface area contributed by atoms with Crippen LogP contribution in [0.15, 0.2) is 89.1 Å². The molecule has 0 radical (unpaired) electrons. The lowest BCUT2D eigenvalue weighted by Gasteiger charge is -2.10. The van der Waals surface area contributed by atoms with E-state index in [1.54, 1.807) is 13.3 Å². The van der Waals surface area contributed by atoms with E-state index in [1.165, 1.54) is 11.8 Å². The van der Waals surface area contributed by atoms with Gasteiger partial charge in [0.25, 0.3) is 5.91 Å². The highest BCUT2D eigenvalue weighted by Crippen LogP contribution is 2.28. The van der Waals surface area contributed by atoms with Gasteiger partial charge in [0.05, 0.1) is 19.1 Å². The van der Waals surface area contributed by atoms with Gasteiger partial charge in [0.2, 0.25) is 0 Å². The summed E-state index contributed by atoms with van der Waals surface area (Å²) in [6.07, 6.45) is 1.59. The monoisotopic (exact) mass is 457 g/mol. The smallest absolute Gasteiger partial charge is 0.250 e. The second-order valence-electron chi connectivity index (χ2n) is 7.20. The summed E-state index contributed by atoms with van der Waals surface area (Å²) in [7, 11) is 1.61. The Morgan fingerprint density at radius 2 is 1.76 bits per heavy atom. The molecule has 0 saturated heterocycles. The molecule has 0 aliphatic heterocycles. The molecule has 4 rings (SSSR count). The van der Waals surface area contributed by atoms with Gasteiger partial charge < -0.3 is 4.74 Å². The average Bonchev–Trinajstić information content (AvgIpc) is 3.28. The topological polar surface area (TPSA) is 81.4 Å². The van der Waals surface area contributed by atoms with Crippen molar-refractivity contribution in [1.29, 1.82) is 0 Å². The Morgan fingerprint density at radius 3 is 2.45 bits per heavy atom. The first-order valence-corrected chi connectivity index (χ1v) is 11.3. The van der Waals surface area contributed by atoms with Crippen molar-refractivity contribution in [2.45, 2.75) is 12.1 Å². The van der Waals surface area contributed by atoms with Crippen LogP contribution in [0.25, 0.3) is 17.1 Å². The first-order valence-electron chi connectivity index (χ1n) is 10.3. The molecule has 1 aromatic heterocycles. The molecule has 1 heterocycles. The summed E-state index contributed by atoms with van der Waals surface area (Å²) in [5.41, 5.74) is 6.46. The van der Waals surface area contributed by atoms with Gasteiger partial charge >= 0.3 is 0 Å². The van der Waals surface area contributed by atoms with E-state index in [1.807, 2.05) is 90.4 Å². The minimum absolute atomic E-state index is 0.152. The second kappa shape index (κ2) is 10.6. The first-order chi connectivity index (χ1) is 16.1. The minimum Gasteiger partial charge on any atom is -0.497 e. The molecule has 4 aromatic rings. The molecule has 0 aliphatic rings. The van der Waals surface area contributed by atoms with E-state index in [0.717, 1.165) is 34.0 Å². The summed E-state index contributed by atoms with van der Waals surface area (Å²) in [5, 5.41) is 13.4. The number of hydrogen-bond acceptors (Lipinski definition) is 6. The molecule has 7 nitrogen and oxygen atoms in total. The van der Waals surface area contributed by atoms with Crippen LogP contribution in [0.3, 0.4) is 0 Å². The summed E-state index contributed by atoms with van der Waals surface area (Å²) in [6.45, 7) is 2.04. The largest absolute Gasteiger partial charge is 0.497 e. The van der Waals surface area contributed by atoms with Crippen molar-refractivity contribution < 1.29 is 9.53 Å². The van der Waals surface area contributed by atoms with Crippen LogP contribution in [-0.2, 0) is 4.79 Å². The quantitative estimate of drug-likeness (QED) is 0.239. The van der Waals surface area contributed by atoms with E-state index < -0.39 is 0 Å². The van der Waals surface area contributed by atoms with E-state index in [2.05, 4.69) is 20.7 Å². The SMILES string of the molecule is COc1ccc(/C=N\NC(=O)CSc2nnc(-c3ccccc3)n2-c2ccc(C)cc2)cc1. The van der Waals surface area contributed by atoms with Gasteiger partial charge in [-0.15, -0.1) is 10.2 Å².